The summed E-state index contributed by atoms with van der Waals surface area (Å²) in [5.74, 6) is -2.85. The second-order valence-corrected chi connectivity index (χ2v) is 11.8. The maximum atomic E-state index is 15.0. The van der Waals surface area contributed by atoms with Gasteiger partial charge in [0.25, 0.3) is 11.8 Å². The summed E-state index contributed by atoms with van der Waals surface area (Å²) >= 11 is 0. The van der Waals surface area contributed by atoms with Crippen molar-refractivity contribution in [2.45, 2.75) is 51.4 Å². The molecule has 0 radical (unpaired) electrons. The smallest absolute Gasteiger partial charge is 0.407 e. The number of halogens is 1. The van der Waals surface area contributed by atoms with Crippen molar-refractivity contribution in [1.82, 2.24) is 20.9 Å². The van der Waals surface area contributed by atoms with E-state index in [0.717, 1.165) is 17.2 Å². The van der Waals surface area contributed by atoms with Gasteiger partial charge in [-0.25, -0.2) is 9.18 Å². The first-order chi connectivity index (χ1) is 23.7. The summed E-state index contributed by atoms with van der Waals surface area (Å²) in [6.45, 7) is 3.01. The third kappa shape index (κ3) is 8.99. The van der Waals surface area contributed by atoms with Gasteiger partial charge in [-0.15, -0.1) is 0 Å². The molecule has 1 saturated heterocycles. The van der Waals surface area contributed by atoms with Crippen LogP contribution in [-0.2, 0) is 37.0 Å². The highest BCUT2D eigenvalue weighted by atomic mass is 19.1. The molecule has 49 heavy (non-hydrogen) atoms. The van der Waals surface area contributed by atoms with E-state index < -0.39 is 41.7 Å². The first-order valence-corrected chi connectivity index (χ1v) is 16.3. The van der Waals surface area contributed by atoms with E-state index in [1.54, 1.807) is 19.1 Å². The molecule has 258 valence electrons. The molecular weight excluding hydrogens is 633 g/mol. The average molecular weight is 674 g/mol. The molecule has 2 atom stereocenters. The van der Waals surface area contributed by atoms with Gasteiger partial charge in [-0.1, -0.05) is 61.5 Å². The van der Waals surface area contributed by atoms with Crippen molar-refractivity contribution in [3.05, 3.63) is 101 Å². The SMILES string of the molecule is CCC(=O)N[C@H](C(=O)N1Cc2ccccc2[C@H]1C(=O)Nc1cc(C(=O)NCCNC(=O)OCc2ccccc2)ccc1F)C1CCOCC1. The van der Waals surface area contributed by atoms with Gasteiger partial charge in [0.2, 0.25) is 11.8 Å². The second-order valence-electron chi connectivity index (χ2n) is 11.8. The molecule has 0 aromatic heterocycles. The van der Waals surface area contributed by atoms with Crippen LogP contribution in [-0.4, -0.2) is 67.0 Å². The summed E-state index contributed by atoms with van der Waals surface area (Å²) in [5, 5.41) is 10.6. The third-order valence-corrected chi connectivity index (χ3v) is 8.55. The lowest BCUT2D eigenvalue weighted by molar-refractivity contribution is -0.144. The first-order valence-electron chi connectivity index (χ1n) is 16.3. The topological polar surface area (TPSA) is 155 Å². The molecule has 2 aliphatic heterocycles. The van der Waals surface area contributed by atoms with E-state index in [-0.39, 0.29) is 55.7 Å². The molecule has 4 N–H and O–H groups in total. The van der Waals surface area contributed by atoms with Crippen molar-refractivity contribution in [3.63, 3.8) is 0 Å². The Labute approximate surface area is 283 Å². The molecule has 0 spiro atoms. The van der Waals surface area contributed by atoms with Gasteiger partial charge in [0.15, 0.2) is 0 Å². The van der Waals surface area contributed by atoms with E-state index in [9.17, 15) is 24.0 Å². The van der Waals surface area contributed by atoms with Crippen molar-refractivity contribution in [2.75, 3.05) is 31.6 Å². The number of alkyl carbamates (subject to hydrolysis) is 1. The normalized spacial score (nSPS) is 16.2. The number of nitrogens with one attached hydrogen (secondary N) is 4. The monoisotopic (exact) mass is 673 g/mol. The lowest BCUT2D eigenvalue weighted by atomic mass is 9.90. The van der Waals surface area contributed by atoms with E-state index >= 15 is 4.39 Å². The van der Waals surface area contributed by atoms with E-state index in [1.165, 1.54) is 17.0 Å². The van der Waals surface area contributed by atoms with E-state index in [1.807, 2.05) is 42.5 Å². The first kappa shape index (κ1) is 35.0. The van der Waals surface area contributed by atoms with Crippen LogP contribution in [0, 0.1) is 11.7 Å². The van der Waals surface area contributed by atoms with Crippen molar-refractivity contribution < 1.29 is 37.8 Å². The molecule has 0 bridgehead atoms. The number of amides is 5. The Kier molecular flexibility index (Phi) is 11.9. The summed E-state index contributed by atoms with van der Waals surface area (Å²) in [7, 11) is 0. The standard InChI is InChI=1S/C36H40FN5O7/c1-2-30(43)41-31(24-14-18-48-19-15-24)35(46)42-21-26-10-6-7-11-27(26)32(42)34(45)40-29-20-25(12-13-28(29)37)33(44)38-16-17-39-36(47)49-22-23-8-4-3-5-9-23/h3-13,20,24,31-32H,2,14-19,21-22H2,1H3,(H,38,44)(H,39,47)(H,40,45)(H,41,43)/t31-,32-/m0/s1. The number of fused-ring (bicyclic) bond motifs is 1. The van der Waals surface area contributed by atoms with E-state index in [2.05, 4.69) is 21.3 Å². The van der Waals surface area contributed by atoms with Crippen molar-refractivity contribution in [3.8, 4) is 0 Å². The Bertz CT molecular complexity index is 1660. The zero-order chi connectivity index (χ0) is 34.8. The maximum Gasteiger partial charge on any atom is 0.407 e. The second kappa shape index (κ2) is 16.7. The Balaban J connectivity index is 1.24. The van der Waals surface area contributed by atoms with Gasteiger partial charge in [-0.05, 0) is 53.6 Å². The number of anilines is 1. The highest BCUT2D eigenvalue weighted by molar-refractivity contribution is 6.01. The number of hydrogen-bond donors (Lipinski definition) is 4. The fourth-order valence-corrected chi connectivity index (χ4v) is 5.94. The van der Waals surface area contributed by atoms with Crippen LogP contribution in [0.15, 0.2) is 72.8 Å². The summed E-state index contributed by atoms with van der Waals surface area (Å²) in [5.41, 5.74) is 2.02. The lowest BCUT2D eigenvalue weighted by Gasteiger charge is -2.34. The molecular formula is C36H40FN5O7. The Morgan fingerprint density at radius 1 is 0.939 bits per heavy atom. The van der Waals surface area contributed by atoms with Crippen LogP contribution in [0.2, 0.25) is 0 Å². The van der Waals surface area contributed by atoms with E-state index in [0.29, 0.717) is 31.6 Å². The van der Waals surface area contributed by atoms with Crippen LogP contribution in [0.25, 0.3) is 0 Å². The summed E-state index contributed by atoms with van der Waals surface area (Å²) < 4.78 is 25.6. The van der Waals surface area contributed by atoms with Gasteiger partial charge < -0.3 is 35.6 Å². The van der Waals surface area contributed by atoms with Crippen molar-refractivity contribution >= 4 is 35.4 Å². The van der Waals surface area contributed by atoms with Crippen LogP contribution < -0.4 is 21.3 Å². The molecule has 13 heteroatoms. The molecule has 2 aliphatic rings. The zero-order valence-electron chi connectivity index (χ0n) is 27.2. The van der Waals surface area contributed by atoms with Gasteiger partial charge in [0.05, 0.1) is 5.69 Å². The minimum atomic E-state index is -1.10. The van der Waals surface area contributed by atoms with Gasteiger partial charge in [0.1, 0.15) is 24.5 Å². The number of rotatable bonds is 12. The fourth-order valence-electron chi connectivity index (χ4n) is 5.94. The van der Waals surface area contributed by atoms with Crippen LogP contribution >= 0.6 is 0 Å². The number of hydrogen-bond acceptors (Lipinski definition) is 7. The maximum absolute atomic E-state index is 15.0. The Hall–Kier alpha value is -5.30. The molecule has 1 fully saturated rings. The summed E-state index contributed by atoms with van der Waals surface area (Å²) in [6.07, 6.45) is 0.703. The fraction of sp³-hybridized carbons (Fsp3) is 0.361. The predicted octanol–water partition coefficient (Wildman–Crippen LogP) is 3.83. The molecule has 5 rings (SSSR count). The van der Waals surface area contributed by atoms with Crippen molar-refractivity contribution in [1.29, 1.82) is 0 Å². The zero-order valence-corrected chi connectivity index (χ0v) is 27.2. The number of carbonyl (C=O) groups excluding carboxylic acids is 5. The van der Waals surface area contributed by atoms with Gasteiger partial charge in [0, 0.05) is 44.8 Å². The predicted molar refractivity (Wildman–Crippen MR) is 177 cm³/mol. The minimum absolute atomic E-state index is 0.0666. The number of benzene rings is 3. The van der Waals surface area contributed by atoms with Gasteiger partial charge >= 0.3 is 6.09 Å². The molecule has 0 saturated carbocycles. The quantitative estimate of drug-likeness (QED) is 0.213. The molecule has 3 aromatic rings. The van der Waals surface area contributed by atoms with Crippen LogP contribution in [0.5, 0.6) is 0 Å². The third-order valence-electron chi connectivity index (χ3n) is 8.55. The van der Waals surface area contributed by atoms with Gasteiger partial charge in [-0.3, -0.25) is 19.2 Å². The lowest BCUT2D eigenvalue weighted by Crippen LogP contribution is -2.53. The number of carbonyl (C=O) groups is 5. The Morgan fingerprint density at radius 2 is 1.65 bits per heavy atom. The summed E-state index contributed by atoms with van der Waals surface area (Å²) in [6, 6.07) is 17.9. The van der Waals surface area contributed by atoms with Crippen LogP contribution in [0.3, 0.4) is 0 Å². The molecule has 0 aliphatic carbocycles. The van der Waals surface area contributed by atoms with Gasteiger partial charge in [-0.2, -0.15) is 0 Å². The van der Waals surface area contributed by atoms with Crippen molar-refractivity contribution in [2.24, 2.45) is 5.92 Å². The molecule has 5 amide bonds. The number of ether oxygens (including phenoxy) is 2. The van der Waals surface area contributed by atoms with Crippen LogP contribution in [0.4, 0.5) is 14.9 Å². The highest BCUT2D eigenvalue weighted by Crippen LogP contribution is 2.36. The molecule has 3 aromatic carbocycles. The molecule has 2 heterocycles. The largest absolute Gasteiger partial charge is 0.445 e. The van der Waals surface area contributed by atoms with Crippen LogP contribution in [0.1, 0.15) is 59.3 Å². The summed E-state index contributed by atoms with van der Waals surface area (Å²) in [4.78, 5) is 66.8. The Morgan fingerprint density at radius 3 is 2.41 bits per heavy atom. The van der Waals surface area contributed by atoms with E-state index in [4.69, 9.17) is 9.47 Å². The molecule has 12 nitrogen and oxygen atoms in total. The molecule has 0 unspecified atom stereocenters. The number of nitrogens with zero attached hydrogens (tertiary/aromatic N) is 1. The highest BCUT2D eigenvalue weighted by Gasteiger charge is 2.43. The minimum Gasteiger partial charge on any atom is -0.445 e. The average Bonchev–Trinajstić information content (AvgIpc) is 3.52.